The van der Waals surface area contributed by atoms with Crippen LogP contribution in [0, 0.1) is 20.8 Å². The summed E-state index contributed by atoms with van der Waals surface area (Å²) in [5.74, 6) is -0.153. The van der Waals surface area contributed by atoms with Crippen molar-refractivity contribution in [2.45, 2.75) is 48.5 Å². The van der Waals surface area contributed by atoms with Crippen molar-refractivity contribution < 1.29 is 19.5 Å². The Balaban J connectivity index is 0.000000353. The molecule has 0 unspecified atom stereocenters. The third kappa shape index (κ3) is 13.1. The standard InChI is InChI=1S/C15H15N3.C12H9N3O2.2C2H6.5HI.2V/c1-10-9-16-18-12(3)14(11(2)17-15(10)18)13-7-5-4-6-8-13;16-11-10(8-4-2-1-3-5-8)12(17)15-9(14-11)6-7-13-15;2*1-2;;;;;;;/h4-9H,1-3H3;1-7,17H,(H,14,16);2*1-2H3;5*1H;;/q;;;;;;;;;+2;+3/p-5. The van der Waals surface area contributed by atoms with Crippen molar-refractivity contribution >= 4 is 111 Å². The molecule has 0 atom stereocenters. The predicted octanol–water partition coefficient (Wildman–Crippen LogP) is 11.2. The second-order valence-electron chi connectivity index (χ2n) is 8.49. The summed E-state index contributed by atoms with van der Waals surface area (Å²) in [5.41, 5.74) is 7.62. The van der Waals surface area contributed by atoms with Crippen LogP contribution in [-0.2, 0) is 14.4 Å². The van der Waals surface area contributed by atoms with Gasteiger partial charge in [-0.05, 0) is 31.9 Å². The summed E-state index contributed by atoms with van der Waals surface area (Å²) in [7, 11) is 0.628. The van der Waals surface area contributed by atoms with Crippen LogP contribution in [0.3, 0.4) is 0 Å². The van der Waals surface area contributed by atoms with Crippen LogP contribution in [0.5, 0.6) is 5.88 Å². The Morgan fingerprint density at radius 3 is 1.76 bits per heavy atom. The third-order valence-corrected chi connectivity index (χ3v) is 5.90. The summed E-state index contributed by atoms with van der Waals surface area (Å²) in [5, 5.41) is 18.4. The molecule has 6 aromatic rings. The SMILES string of the molecule is CC.CC.Cc1nc2c(C)cnn2c(C)c1-c1ccccc1.O=c1[nH]c2ccnn2c(O)c1-c1ccccc1.[I][V]([I])[I].[I][V][I]. The molecular weight excluding hydrogens is 1220 g/mol. The zero-order valence-electron chi connectivity index (χ0n) is 26.4. The molecule has 4 aromatic heterocycles. The van der Waals surface area contributed by atoms with Gasteiger partial charge in [-0.1, -0.05) is 88.4 Å². The van der Waals surface area contributed by atoms with Crippen LogP contribution in [0.25, 0.3) is 33.5 Å². The summed E-state index contributed by atoms with van der Waals surface area (Å²) in [6.07, 6.45) is 3.38. The number of hydrogen-bond donors (Lipinski definition) is 2. The molecule has 0 radical (unpaired) electrons. The molecule has 8 nitrogen and oxygen atoms in total. The third-order valence-electron chi connectivity index (χ3n) is 5.90. The number of aromatic hydroxyl groups is 1. The van der Waals surface area contributed by atoms with Crippen molar-refractivity contribution in [2.24, 2.45) is 0 Å². The Morgan fingerprint density at radius 1 is 0.783 bits per heavy atom. The van der Waals surface area contributed by atoms with E-state index in [0.29, 0.717) is 20.7 Å². The Labute approximate surface area is 337 Å². The van der Waals surface area contributed by atoms with Crippen LogP contribution in [-0.4, -0.2) is 34.3 Å². The van der Waals surface area contributed by atoms with Crippen molar-refractivity contribution in [3.05, 3.63) is 106 Å². The average molecular weight is 1260 g/mol. The Hall–Kier alpha value is 0.0988. The number of rotatable bonds is 2. The van der Waals surface area contributed by atoms with Crippen LogP contribution in [0.2, 0.25) is 0 Å². The van der Waals surface area contributed by atoms with E-state index in [4.69, 9.17) is 0 Å². The number of hydrogen-bond acceptors (Lipinski definition) is 5. The van der Waals surface area contributed by atoms with Gasteiger partial charge in [0.15, 0.2) is 5.65 Å². The molecule has 4 heterocycles. The van der Waals surface area contributed by atoms with Crippen LogP contribution < -0.4 is 5.56 Å². The number of fused-ring (bicyclic) bond motifs is 2. The van der Waals surface area contributed by atoms with E-state index in [-0.39, 0.29) is 21.9 Å². The molecule has 0 aliphatic heterocycles. The van der Waals surface area contributed by atoms with Crippen molar-refractivity contribution in [2.75, 3.05) is 0 Å². The first-order chi connectivity index (χ1) is 22.1. The molecule has 247 valence electrons. The number of H-pyrrole nitrogens is 1. The van der Waals surface area contributed by atoms with Crippen LogP contribution >= 0.6 is 99.9 Å². The monoisotopic (exact) mass is 1260 g/mol. The Kier molecular flexibility index (Phi) is 23.3. The maximum absolute atomic E-state index is 11.9. The first-order valence-electron chi connectivity index (χ1n) is 14.0. The molecule has 2 aromatic carbocycles. The van der Waals surface area contributed by atoms with E-state index >= 15 is 0 Å². The van der Waals surface area contributed by atoms with Gasteiger partial charge in [-0.2, -0.15) is 14.7 Å². The van der Waals surface area contributed by atoms with Gasteiger partial charge in [0.05, 0.1) is 18.1 Å². The van der Waals surface area contributed by atoms with Crippen LogP contribution in [0.15, 0.2) is 83.9 Å². The number of nitrogens with one attached hydrogen (secondary N) is 1. The van der Waals surface area contributed by atoms with E-state index in [1.807, 2.05) is 81.7 Å². The molecule has 0 fully saturated rings. The summed E-state index contributed by atoms with van der Waals surface area (Å²) in [6.45, 7) is 14.2. The van der Waals surface area contributed by atoms with Crippen molar-refractivity contribution in [1.82, 2.24) is 29.2 Å². The molecule has 6 rings (SSSR count). The van der Waals surface area contributed by atoms with E-state index in [9.17, 15) is 9.90 Å². The fourth-order valence-electron chi connectivity index (χ4n) is 4.23. The van der Waals surface area contributed by atoms with Gasteiger partial charge in [0, 0.05) is 22.9 Å². The number of aryl methyl sites for hydroxylation is 3. The van der Waals surface area contributed by atoms with Crippen LogP contribution in [0.4, 0.5) is 0 Å². The van der Waals surface area contributed by atoms with Crippen molar-refractivity contribution in [3.63, 3.8) is 0 Å². The normalized spacial score (nSPS) is 9.67. The zero-order valence-corrected chi connectivity index (χ0v) is 40.0. The van der Waals surface area contributed by atoms with E-state index in [0.717, 1.165) is 22.6 Å². The number of aromatic nitrogens is 6. The zero-order chi connectivity index (χ0) is 34.8. The molecule has 0 amide bonds. The minimum atomic E-state index is -0.332. The summed E-state index contributed by atoms with van der Waals surface area (Å²) in [4.78, 5) is 19.0. The molecular formula is C31H36I5N6O2V2. The van der Waals surface area contributed by atoms with E-state index in [1.165, 1.54) is 21.8 Å². The topological polar surface area (TPSA) is 101 Å². The van der Waals surface area contributed by atoms with Gasteiger partial charge >= 0.3 is 114 Å². The summed E-state index contributed by atoms with van der Waals surface area (Å²) >= 11 is 12.1. The second kappa shape index (κ2) is 24.3. The molecule has 0 aliphatic rings. The van der Waals surface area contributed by atoms with Gasteiger partial charge in [-0.25, -0.2) is 9.50 Å². The molecule has 0 aliphatic carbocycles. The van der Waals surface area contributed by atoms with Gasteiger partial charge in [-0.3, -0.25) is 4.79 Å². The van der Waals surface area contributed by atoms with Gasteiger partial charge in [0.25, 0.3) is 5.56 Å². The average Bonchev–Trinajstić information content (AvgIpc) is 3.67. The maximum atomic E-state index is 11.9. The molecule has 15 heteroatoms. The van der Waals surface area contributed by atoms with Gasteiger partial charge in [0.1, 0.15) is 11.2 Å². The van der Waals surface area contributed by atoms with Crippen LogP contribution in [0.1, 0.15) is 44.6 Å². The van der Waals surface area contributed by atoms with E-state index < -0.39 is 0 Å². The first-order valence-corrected chi connectivity index (χ1v) is 36.5. The van der Waals surface area contributed by atoms with Crippen molar-refractivity contribution in [1.29, 1.82) is 0 Å². The van der Waals surface area contributed by atoms with E-state index in [1.54, 1.807) is 18.2 Å². The number of nitrogens with zero attached hydrogens (tertiary/aromatic N) is 5. The number of aromatic amines is 1. The minimum absolute atomic E-state index is 0.153. The van der Waals surface area contributed by atoms with E-state index in [2.05, 4.69) is 146 Å². The molecule has 0 saturated carbocycles. The Morgan fingerprint density at radius 2 is 1.26 bits per heavy atom. The molecule has 0 saturated heterocycles. The van der Waals surface area contributed by atoms with Gasteiger partial charge in [0.2, 0.25) is 5.88 Å². The fourth-order valence-corrected chi connectivity index (χ4v) is 4.23. The predicted molar refractivity (Wildman–Crippen MR) is 228 cm³/mol. The molecule has 0 spiro atoms. The van der Waals surface area contributed by atoms with Crippen molar-refractivity contribution in [3.8, 4) is 28.1 Å². The fraction of sp³-hybridized carbons (Fsp3) is 0.226. The second-order valence-corrected chi connectivity index (χ2v) is 55.6. The first kappa shape index (κ1) is 44.1. The Bertz CT molecular complexity index is 1800. The summed E-state index contributed by atoms with van der Waals surface area (Å²) < 4.78 is 3.22. The molecule has 2 N–H and O–H groups in total. The van der Waals surface area contributed by atoms with Gasteiger partial charge in [-0.15, -0.1) is 0 Å². The quantitative estimate of drug-likeness (QED) is 0.168. The summed E-state index contributed by atoms with van der Waals surface area (Å²) in [6, 6.07) is 21.0. The number of halogens is 5. The van der Waals surface area contributed by atoms with Gasteiger partial charge < -0.3 is 10.1 Å². The molecule has 0 bridgehead atoms. The number of benzene rings is 2. The molecule has 46 heavy (non-hydrogen) atoms.